The van der Waals surface area contributed by atoms with Crippen molar-refractivity contribution in [2.45, 2.75) is 44.2 Å². The molecule has 1 saturated carbocycles. The van der Waals surface area contributed by atoms with Crippen molar-refractivity contribution in [3.63, 3.8) is 0 Å². The molecule has 28 heavy (non-hydrogen) atoms. The first-order valence-electron chi connectivity index (χ1n) is 9.62. The van der Waals surface area contributed by atoms with Gasteiger partial charge in [-0.15, -0.1) is 24.8 Å². The third kappa shape index (κ3) is 5.32. The highest BCUT2D eigenvalue weighted by atomic mass is 35.5. The van der Waals surface area contributed by atoms with E-state index in [-0.39, 0.29) is 48.3 Å². The molecular weight excluding hydrogens is 421 g/mol. The molecule has 0 spiro atoms. The topological polar surface area (TPSA) is 78.5 Å². The van der Waals surface area contributed by atoms with E-state index in [0.29, 0.717) is 25.0 Å². The van der Waals surface area contributed by atoms with Crippen molar-refractivity contribution in [1.82, 2.24) is 5.32 Å². The monoisotopic (exact) mass is 449 g/mol. The van der Waals surface area contributed by atoms with Gasteiger partial charge >= 0.3 is 0 Å². The Morgan fingerprint density at radius 1 is 1.11 bits per heavy atom. The molecule has 6 nitrogen and oxygen atoms in total. The van der Waals surface area contributed by atoms with Crippen molar-refractivity contribution in [3.05, 3.63) is 24.3 Å². The first-order chi connectivity index (χ1) is 12.5. The van der Waals surface area contributed by atoms with Gasteiger partial charge in [0, 0.05) is 30.5 Å². The molecule has 1 aromatic rings. The molecule has 2 saturated heterocycles. The second-order valence-electron chi connectivity index (χ2n) is 7.78. The maximum Gasteiger partial charge on any atom is 0.241 e. The molecule has 158 valence electrons. The number of rotatable bonds is 3. The van der Waals surface area contributed by atoms with E-state index in [1.54, 1.807) is 0 Å². The van der Waals surface area contributed by atoms with E-state index in [1.807, 2.05) is 24.3 Å². The molecule has 2 N–H and O–H groups in total. The average Bonchev–Trinajstić information content (AvgIpc) is 3.06. The fourth-order valence-corrected chi connectivity index (χ4v) is 5.70. The minimum Gasteiger partial charge on any atom is -0.369 e. The lowest BCUT2D eigenvalue weighted by atomic mass is 9.85. The summed E-state index contributed by atoms with van der Waals surface area (Å²) < 4.78 is 23.2. The highest BCUT2D eigenvalue weighted by Crippen LogP contribution is 2.33. The quantitative estimate of drug-likeness (QED) is 0.741. The summed E-state index contributed by atoms with van der Waals surface area (Å²) in [5, 5.41) is 6.55. The third-order valence-electron chi connectivity index (χ3n) is 6.00. The molecule has 0 radical (unpaired) electrons. The third-order valence-corrected chi connectivity index (χ3v) is 7.61. The number of carbonyl (C=O) groups excluding carboxylic acids is 1. The highest BCUT2D eigenvalue weighted by molar-refractivity contribution is 7.91. The van der Waals surface area contributed by atoms with Crippen molar-refractivity contribution >= 4 is 51.9 Å². The Morgan fingerprint density at radius 2 is 1.82 bits per heavy atom. The van der Waals surface area contributed by atoms with Gasteiger partial charge in [0.05, 0.1) is 17.5 Å². The Bertz CT molecular complexity index is 762. The van der Waals surface area contributed by atoms with Crippen molar-refractivity contribution < 1.29 is 13.2 Å². The smallest absolute Gasteiger partial charge is 0.241 e. The number of anilines is 2. The van der Waals surface area contributed by atoms with Crippen molar-refractivity contribution in [3.8, 4) is 0 Å². The van der Waals surface area contributed by atoms with E-state index in [9.17, 15) is 13.2 Å². The lowest BCUT2D eigenvalue weighted by Gasteiger charge is -2.29. The summed E-state index contributed by atoms with van der Waals surface area (Å²) in [6.07, 6.45) is 5.89. The van der Waals surface area contributed by atoms with Crippen molar-refractivity contribution in [2.75, 3.05) is 34.8 Å². The Morgan fingerprint density at radius 3 is 2.54 bits per heavy atom. The van der Waals surface area contributed by atoms with Crippen molar-refractivity contribution in [1.29, 1.82) is 0 Å². The van der Waals surface area contributed by atoms with Gasteiger partial charge < -0.3 is 15.5 Å². The molecule has 2 aliphatic heterocycles. The summed E-state index contributed by atoms with van der Waals surface area (Å²) in [6, 6.07) is 8.11. The standard InChI is InChI=1S/C19H27N3O3S.2ClH/c23-19(18-12-14-4-1-2-7-17(14)21-18)20-15-5-3-6-16(13-15)22-8-10-26(24,25)11-9-22;;/h3,5-6,13-14,17-18,21H,1-2,4,7-12H2,(H,20,23);2*1H. The summed E-state index contributed by atoms with van der Waals surface area (Å²) in [5.41, 5.74) is 1.74. The van der Waals surface area contributed by atoms with Gasteiger partial charge in [0.1, 0.15) is 0 Å². The molecule has 3 atom stereocenters. The Balaban J connectivity index is 0.00000140. The number of hydrogen-bond acceptors (Lipinski definition) is 5. The average molecular weight is 450 g/mol. The fraction of sp³-hybridized carbons (Fsp3) is 0.632. The number of nitrogens with one attached hydrogen (secondary N) is 2. The van der Waals surface area contributed by atoms with Crippen molar-refractivity contribution in [2.24, 2.45) is 5.92 Å². The summed E-state index contributed by atoms with van der Waals surface area (Å²) in [7, 11) is -2.89. The lowest BCUT2D eigenvalue weighted by Crippen LogP contribution is -2.40. The molecule has 2 heterocycles. The predicted octanol–water partition coefficient (Wildman–Crippen LogP) is 2.62. The van der Waals surface area contributed by atoms with E-state index in [2.05, 4.69) is 15.5 Å². The predicted molar refractivity (Wildman–Crippen MR) is 118 cm³/mol. The maximum atomic E-state index is 12.7. The first kappa shape index (κ1) is 23.3. The largest absolute Gasteiger partial charge is 0.369 e. The number of amides is 1. The summed E-state index contributed by atoms with van der Waals surface area (Å²) in [4.78, 5) is 14.7. The zero-order chi connectivity index (χ0) is 18.1. The van der Waals surface area contributed by atoms with Gasteiger partial charge in [0.15, 0.2) is 9.84 Å². The van der Waals surface area contributed by atoms with E-state index in [1.165, 1.54) is 25.7 Å². The zero-order valence-corrected chi connectivity index (χ0v) is 18.3. The molecule has 0 bridgehead atoms. The minimum atomic E-state index is -2.89. The van der Waals surface area contributed by atoms with Crippen LogP contribution in [-0.4, -0.2) is 51.0 Å². The first-order valence-corrected chi connectivity index (χ1v) is 11.4. The van der Waals surface area contributed by atoms with Gasteiger partial charge in [0.2, 0.25) is 5.91 Å². The number of hydrogen-bond donors (Lipinski definition) is 2. The van der Waals surface area contributed by atoms with Gasteiger partial charge in [-0.3, -0.25) is 4.79 Å². The Labute approximate surface area is 179 Å². The Kier molecular flexibility index (Phi) is 8.02. The van der Waals surface area contributed by atoms with E-state index >= 15 is 0 Å². The summed E-state index contributed by atoms with van der Waals surface area (Å²) >= 11 is 0. The minimum absolute atomic E-state index is 0. The number of halogens is 2. The van der Waals surface area contributed by atoms with Crippen LogP contribution in [0, 0.1) is 5.92 Å². The maximum absolute atomic E-state index is 12.7. The van der Waals surface area contributed by atoms with Crippen LogP contribution in [-0.2, 0) is 14.6 Å². The van der Waals surface area contributed by atoms with E-state index in [0.717, 1.165) is 17.8 Å². The number of nitrogens with zero attached hydrogens (tertiary/aromatic N) is 1. The molecule has 1 amide bonds. The fourth-order valence-electron chi connectivity index (χ4n) is 4.50. The number of benzene rings is 1. The van der Waals surface area contributed by atoms with Crippen LogP contribution in [0.15, 0.2) is 24.3 Å². The number of sulfone groups is 1. The zero-order valence-electron chi connectivity index (χ0n) is 15.8. The molecule has 3 fully saturated rings. The van der Waals surface area contributed by atoms with Crippen LogP contribution < -0.4 is 15.5 Å². The van der Waals surface area contributed by atoms with E-state index in [4.69, 9.17) is 0 Å². The summed E-state index contributed by atoms with van der Waals surface area (Å²) in [5.74, 6) is 1.07. The summed E-state index contributed by atoms with van der Waals surface area (Å²) in [6.45, 7) is 1.01. The SMILES string of the molecule is Cl.Cl.O=C(Nc1cccc(N2CCS(=O)(=O)CC2)c1)C1CC2CCCCC2N1. The molecule has 3 aliphatic rings. The van der Waals surface area contributed by atoms with Gasteiger partial charge in [-0.1, -0.05) is 18.9 Å². The molecule has 4 rings (SSSR count). The molecule has 1 aromatic carbocycles. The molecule has 1 aliphatic carbocycles. The van der Waals surface area contributed by atoms with Crippen LogP contribution in [0.4, 0.5) is 11.4 Å². The van der Waals surface area contributed by atoms with Crippen LogP contribution in [0.25, 0.3) is 0 Å². The number of fused-ring (bicyclic) bond motifs is 1. The van der Waals surface area contributed by atoms with Crippen LogP contribution >= 0.6 is 24.8 Å². The second kappa shape index (κ2) is 9.65. The van der Waals surface area contributed by atoms with Gasteiger partial charge in [0.25, 0.3) is 0 Å². The van der Waals surface area contributed by atoms with Gasteiger partial charge in [-0.2, -0.15) is 0 Å². The molecule has 3 unspecified atom stereocenters. The highest BCUT2D eigenvalue weighted by Gasteiger charge is 2.38. The van der Waals surface area contributed by atoms with Crippen LogP contribution in [0.5, 0.6) is 0 Å². The molecular formula is C19H29Cl2N3O3S. The van der Waals surface area contributed by atoms with Gasteiger partial charge in [-0.25, -0.2) is 8.42 Å². The molecule has 0 aromatic heterocycles. The normalized spacial score (nSPS) is 28.4. The second-order valence-corrected chi connectivity index (χ2v) is 10.1. The molecule has 9 heteroatoms. The van der Waals surface area contributed by atoms with Crippen LogP contribution in [0.1, 0.15) is 32.1 Å². The Hall–Kier alpha value is -1.02. The lowest BCUT2D eigenvalue weighted by molar-refractivity contribution is -0.117. The van der Waals surface area contributed by atoms with Crippen LogP contribution in [0.2, 0.25) is 0 Å². The van der Waals surface area contributed by atoms with Gasteiger partial charge in [-0.05, 0) is 43.4 Å². The number of carbonyl (C=O) groups is 1. The van der Waals surface area contributed by atoms with E-state index < -0.39 is 9.84 Å². The van der Waals surface area contributed by atoms with Crippen LogP contribution in [0.3, 0.4) is 0 Å².